The standard InChI is InChI=1S/C22H25N3O2/c1-3-6-16(2)17-9-11-19(12-10-17)27-15-22(26)25-24-14-18-13-23-21-8-5-4-7-20(18)21/h4-5,7-14,16,23H,3,6,15H2,1-2H3,(H,25,26)/b24-14-/t16-/m0/s1. The van der Waals surface area contributed by atoms with Crippen LogP contribution in [0.5, 0.6) is 5.75 Å². The van der Waals surface area contributed by atoms with E-state index in [0.717, 1.165) is 22.9 Å². The number of ether oxygens (including phenoxy) is 1. The Labute approximate surface area is 159 Å². The summed E-state index contributed by atoms with van der Waals surface area (Å²) in [5, 5.41) is 5.07. The first-order valence-electron chi connectivity index (χ1n) is 9.28. The molecule has 0 aliphatic carbocycles. The zero-order valence-electron chi connectivity index (χ0n) is 15.7. The lowest BCUT2D eigenvalue weighted by Gasteiger charge is -2.11. The van der Waals surface area contributed by atoms with Crippen LogP contribution in [0.3, 0.4) is 0 Å². The van der Waals surface area contributed by atoms with E-state index in [1.165, 1.54) is 12.0 Å². The second-order valence-electron chi connectivity index (χ2n) is 6.63. The fraction of sp³-hybridized carbons (Fsp3) is 0.273. The molecule has 5 nitrogen and oxygen atoms in total. The predicted octanol–water partition coefficient (Wildman–Crippen LogP) is 4.60. The monoisotopic (exact) mass is 363 g/mol. The molecule has 1 aromatic heterocycles. The minimum absolute atomic E-state index is 0.0743. The van der Waals surface area contributed by atoms with E-state index in [1.54, 1.807) is 6.21 Å². The van der Waals surface area contributed by atoms with Crippen LogP contribution in [-0.4, -0.2) is 23.7 Å². The molecule has 2 aromatic carbocycles. The third kappa shape index (κ3) is 4.97. The van der Waals surface area contributed by atoms with Crippen molar-refractivity contribution in [1.82, 2.24) is 10.4 Å². The Morgan fingerprint density at radius 2 is 2.00 bits per heavy atom. The molecule has 0 radical (unpaired) electrons. The maximum Gasteiger partial charge on any atom is 0.277 e. The highest BCUT2D eigenvalue weighted by Crippen LogP contribution is 2.22. The van der Waals surface area contributed by atoms with Gasteiger partial charge in [-0.25, -0.2) is 5.43 Å². The lowest BCUT2D eigenvalue weighted by molar-refractivity contribution is -0.123. The number of benzene rings is 2. The van der Waals surface area contributed by atoms with E-state index in [-0.39, 0.29) is 12.5 Å². The van der Waals surface area contributed by atoms with Gasteiger partial charge in [-0.3, -0.25) is 4.79 Å². The summed E-state index contributed by atoms with van der Waals surface area (Å²) in [7, 11) is 0. The SMILES string of the molecule is CCC[C@H](C)c1ccc(OCC(=O)N/N=C\c2c[nH]c3ccccc23)cc1. The second-order valence-corrected chi connectivity index (χ2v) is 6.63. The quantitative estimate of drug-likeness (QED) is 0.454. The van der Waals surface area contributed by atoms with Gasteiger partial charge in [0.05, 0.1) is 6.21 Å². The number of para-hydroxylation sites is 1. The molecular weight excluding hydrogens is 338 g/mol. The zero-order valence-corrected chi connectivity index (χ0v) is 15.7. The van der Waals surface area contributed by atoms with Gasteiger partial charge in [-0.2, -0.15) is 5.10 Å². The number of hydrazone groups is 1. The number of hydrogen-bond acceptors (Lipinski definition) is 3. The number of amides is 1. The topological polar surface area (TPSA) is 66.5 Å². The van der Waals surface area contributed by atoms with Gasteiger partial charge in [0, 0.05) is 22.7 Å². The highest BCUT2D eigenvalue weighted by molar-refractivity contribution is 5.99. The fourth-order valence-electron chi connectivity index (χ4n) is 3.05. The van der Waals surface area contributed by atoms with Gasteiger partial charge in [0.1, 0.15) is 5.75 Å². The first kappa shape index (κ1) is 18.7. The Balaban J connectivity index is 1.48. The molecule has 27 heavy (non-hydrogen) atoms. The average Bonchev–Trinajstić information content (AvgIpc) is 3.10. The summed E-state index contributed by atoms with van der Waals surface area (Å²) < 4.78 is 5.53. The predicted molar refractivity (Wildman–Crippen MR) is 109 cm³/mol. The molecule has 0 aliphatic heterocycles. The lowest BCUT2D eigenvalue weighted by atomic mass is 9.97. The van der Waals surface area contributed by atoms with Crippen molar-refractivity contribution < 1.29 is 9.53 Å². The van der Waals surface area contributed by atoms with E-state index in [9.17, 15) is 4.79 Å². The summed E-state index contributed by atoms with van der Waals surface area (Å²) in [4.78, 5) is 15.1. The van der Waals surface area contributed by atoms with Crippen molar-refractivity contribution in [3.8, 4) is 5.75 Å². The molecular formula is C22H25N3O2. The van der Waals surface area contributed by atoms with Gasteiger partial charge in [0.25, 0.3) is 5.91 Å². The van der Waals surface area contributed by atoms with Crippen LogP contribution >= 0.6 is 0 Å². The molecule has 140 valence electrons. The number of nitrogens with zero attached hydrogens (tertiary/aromatic N) is 1. The van der Waals surface area contributed by atoms with Crippen LogP contribution < -0.4 is 10.2 Å². The molecule has 0 unspecified atom stereocenters. The number of carbonyl (C=O) groups excluding carboxylic acids is 1. The summed E-state index contributed by atoms with van der Waals surface area (Å²) in [5.74, 6) is 0.916. The van der Waals surface area contributed by atoms with Crippen LogP contribution in [-0.2, 0) is 4.79 Å². The minimum atomic E-state index is -0.297. The van der Waals surface area contributed by atoms with Crippen molar-refractivity contribution in [3.05, 3.63) is 65.9 Å². The number of nitrogens with one attached hydrogen (secondary N) is 2. The molecule has 0 saturated heterocycles. The molecule has 1 amide bonds. The van der Waals surface area contributed by atoms with Crippen LogP contribution in [0.15, 0.2) is 59.8 Å². The van der Waals surface area contributed by atoms with E-state index in [0.29, 0.717) is 11.7 Å². The van der Waals surface area contributed by atoms with Crippen molar-refractivity contribution in [3.63, 3.8) is 0 Å². The maximum atomic E-state index is 11.9. The van der Waals surface area contributed by atoms with E-state index in [1.807, 2.05) is 42.6 Å². The van der Waals surface area contributed by atoms with Crippen LogP contribution in [0.2, 0.25) is 0 Å². The molecule has 0 bridgehead atoms. The van der Waals surface area contributed by atoms with E-state index < -0.39 is 0 Å². The summed E-state index contributed by atoms with van der Waals surface area (Å²) in [5.41, 5.74) is 5.74. The highest BCUT2D eigenvalue weighted by Gasteiger charge is 2.06. The largest absolute Gasteiger partial charge is 0.484 e. The Morgan fingerprint density at radius 3 is 2.78 bits per heavy atom. The molecule has 0 aliphatic rings. The smallest absolute Gasteiger partial charge is 0.277 e. The number of fused-ring (bicyclic) bond motifs is 1. The average molecular weight is 363 g/mol. The summed E-state index contributed by atoms with van der Waals surface area (Å²) in [6.45, 7) is 4.33. The molecule has 0 saturated carbocycles. The molecule has 0 fully saturated rings. The van der Waals surface area contributed by atoms with Gasteiger partial charge in [-0.05, 0) is 36.1 Å². The highest BCUT2D eigenvalue weighted by atomic mass is 16.5. The number of hydrogen-bond donors (Lipinski definition) is 2. The number of aromatic nitrogens is 1. The van der Waals surface area contributed by atoms with Gasteiger partial charge in [0.2, 0.25) is 0 Å². The minimum Gasteiger partial charge on any atom is -0.484 e. The Bertz CT molecular complexity index is 913. The normalized spacial score (nSPS) is 12.4. The van der Waals surface area contributed by atoms with Crippen molar-refractivity contribution in [2.75, 3.05) is 6.61 Å². The fourth-order valence-corrected chi connectivity index (χ4v) is 3.05. The Hall–Kier alpha value is -3.08. The van der Waals surface area contributed by atoms with Crippen LogP contribution in [0, 0.1) is 0 Å². The summed E-state index contributed by atoms with van der Waals surface area (Å²) >= 11 is 0. The Morgan fingerprint density at radius 1 is 1.22 bits per heavy atom. The van der Waals surface area contributed by atoms with E-state index >= 15 is 0 Å². The summed E-state index contributed by atoms with van der Waals surface area (Å²) in [6, 6.07) is 15.9. The molecule has 5 heteroatoms. The lowest BCUT2D eigenvalue weighted by Crippen LogP contribution is -2.24. The number of aromatic amines is 1. The van der Waals surface area contributed by atoms with E-state index in [4.69, 9.17) is 4.74 Å². The van der Waals surface area contributed by atoms with E-state index in [2.05, 4.69) is 41.5 Å². The third-order valence-corrected chi connectivity index (χ3v) is 4.55. The zero-order chi connectivity index (χ0) is 19.1. The van der Waals surface area contributed by atoms with Crippen LogP contribution in [0.4, 0.5) is 0 Å². The van der Waals surface area contributed by atoms with Crippen molar-refractivity contribution in [2.24, 2.45) is 5.10 Å². The molecule has 0 spiro atoms. The first-order valence-corrected chi connectivity index (χ1v) is 9.28. The van der Waals surface area contributed by atoms with Gasteiger partial charge in [-0.1, -0.05) is 50.6 Å². The molecule has 1 heterocycles. The molecule has 1 atom stereocenters. The van der Waals surface area contributed by atoms with Gasteiger partial charge in [-0.15, -0.1) is 0 Å². The third-order valence-electron chi connectivity index (χ3n) is 4.55. The van der Waals surface area contributed by atoms with Crippen molar-refractivity contribution in [1.29, 1.82) is 0 Å². The number of rotatable bonds is 8. The molecule has 2 N–H and O–H groups in total. The van der Waals surface area contributed by atoms with Crippen LogP contribution in [0.1, 0.15) is 43.7 Å². The molecule has 3 rings (SSSR count). The maximum absolute atomic E-state index is 11.9. The van der Waals surface area contributed by atoms with Crippen LogP contribution in [0.25, 0.3) is 10.9 Å². The molecule has 3 aromatic rings. The number of carbonyl (C=O) groups is 1. The summed E-state index contributed by atoms with van der Waals surface area (Å²) in [6.07, 6.45) is 5.81. The number of H-pyrrole nitrogens is 1. The van der Waals surface area contributed by atoms with Crippen molar-refractivity contribution >= 4 is 23.0 Å². The second kappa shape index (κ2) is 9.03. The first-order chi connectivity index (χ1) is 13.2. The van der Waals surface area contributed by atoms with Crippen molar-refractivity contribution in [2.45, 2.75) is 32.6 Å². The van der Waals surface area contributed by atoms with Gasteiger partial charge < -0.3 is 9.72 Å². The van der Waals surface area contributed by atoms with Gasteiger partial charge >= 0.3 is 0 Å². The van der Waals surface area contributed by atoms with Gasteiger partial charge in [0.15, 0.2) is 6.61 Å². The Kier molecular flexibility index (Phi) is 6.26.